The molecule has 0 aliphatic rings. The molecule has 0 saturated carbocycles. The zero-order valence-corrected chi connectivity index (χ0v) is 12.2. The van der Waals surface area contributed by atoms with E-state index < -0.39 is 0 Å². The van der Waals surface area contributed by atoms with Gasteiger partial charge in [0, 0.05) is 44.6 Å². The van der Waals surface area contributed by atoms with Crippen LogP contribution in [-0.4, -0.2) is 24.1 Å². The van der Waals surface area contributed by atoms with Crippen LogP contribution in [0.3, 0.4) is 0 Å². The van der Waals surface area contributed by atoms with Crippen molar-refractivity contribution in [2.75, 3.05) is 24.3 Å². The molecule has 0 radical (unpaired) electrons. The summed E-state index contributed by atoms with van der Waals surface area (Å²) in [6, 6.07) is 12.3. The number of nitrogens with zero attached hydrogens (tertiary/aromatic N) is 3. The molecule has 4 nitrogen and oxygen atoms in total. The first kappa shape index (κ1) is 13.4. The summed E-state index contributed by atoms with van der Waals surface area (Å²) in [5.41, 5.74) is 2.29. The van der Waals surface area contributed by atoms with Crippen LogP contribution in [0, 0.1) is 0 Å². The smallest absolute Gasteiger partial charge is 0.151 e. The molecule has 0 amide bonds. The highest BCUT2D eigenvalue weighted by molar-refractivity contribution is 5.85. The minimum absolute atomic E-state index is 0.758. The predicted molar refractivity (Wildman–Crippen MR) is 87.6 cm³/mol. The van der Waals surface area contributed by atoms with E-state index in [1.807, 2.05) is 43.7 Å². The topological polar surface area (TPSA) is 41.1 Å². The maximum absolute atomic E-state index is 4.41. The fourth-order valence-corrected chi connectivity index (χ4v) is 2.43. The molecular weight excluding hydrogens is 260 g/mol. The number of aromatic nitrogens is 2. The lowest BCUT2D eigenvalue weighted by Gasteiger charge is -2.17. The fraction of sp³-hybridized carbons (Fsp3) is 0.176. The van der Waals surface area contributed by atoms with Gasteiger partial charge in [-0.15, -0.1) is 0 Å². The van der Waals surface area contributed by atoms with Gasteiger partial charge < -0.3 is 10.2 Å². The molecule has 2 aromatic heterocycles. The van der Waals surface area contributed by atoms with Crippen molar-refractivity contribution < 1.29 is 0 Å². The van der Waals surface area contributed by atoms with Crippen molar-refractivity contribution in [3.05, 3.63) is 60.6 Å². The standard InChI is InChI=1S/C17H18N4/c1-21(2)17-16(7-4-9-19-17)20-12-14-6-3-5-13-11-18-10-8-15(13)14/h3-11,20H,12H2,1-2H3. The molecule has 1 N–H and O–H groups in total. The van der Waals surface area contributed by atoms with E-state index in [-0.39, 0.29) is 0 Å². The van der Waals surface area contributed by atoms with Crippen molar-refractivity contribution in [2.24, 2.45) is 0 Å². The number of fused-ring (bicyclic) bond motifs is 1. The molecule has 0 fully saturated rings. The molecule has 0 unspecified atom stereocenters. The van der Waals surface area contributed by atoms with Crippen molar-refractivity contribution in [1.29, 1.82) is 0 Å². The van der Waals surface area contributed by atoms with Gasteiger partial charge in [-0.05, 0) is 29.1 Å². The van der Waals surface area contributed by atoms with Gasteiger partial charge in [-0.2, -0.15) is 0 Å². The molecular formula is C17H18N4. The summed E-state index contributed by atoms with van der Waals surface area (Å²) < 4.78 is 0. The van der Waals surface area contributed by atoms with E-state index in [0.29, 0.717) is 0 Å². The first-order valence-electron chi connectivity index (χ1n) is 6.93. The second kappa shape index (κ2) is 5.79. The summed E-state index contributed by atoms with van der Waals surface area (Å²) in [5, 5.41) is 5.87. The summed E-state index contributed by atoms with van der Waals surface area (Å²) >= 11 is 0. The van der Waals surface area contributed by atoms with Crippen LogP contribution in [0.4, 0.5) is 11.5 Å². The number of hydrogen-bond donors (Lipinski definition) is 1. The summed E-state index contributed by atoms with van der Waals surface area (Å²) in [5.74, 6) is 0.944. The van der Waals surface area contributed by atoms with E-state index in [1.165, 1.54) is 10.9 Å². The molecule has 0 bridgehead atoms. The Balaban J connectivity index is 1.87. The maximum Gasteiger partial charge on any atom is 0.151 e. The highest BCUT2D eigenvalue weighted by Gasteiger charge is 2.06. The summed E-state index contributed by atoms with van der Waals surface area (Å²) in [6.07, 6.45) is 5.54. The van der Waals surface area contributed by atoms with E-state index in [4.69, 9.17) is 0 Å². The molecule has 0 aliphatic carbocycles. The van der Waals surface area contributed by atoms with Gasteiger partial charge >= 0.3 is 0 Å². The van der Waals surface area contributed by atoms with Crippen LogP contribution in [-0.2, 0) is 6.54 Å². The monoisotopic (exact) mass is 278 g/mol. The lowest BCUT2D eigenvalue weighted by atomic mass is 10.1. The van der Waals surface area contributed by atoms with E-state index in [2.05, 4.69) is 45.6 Å². The molecule has 0 spiro atoms. The van der Waals surface area contributed by atoms with Crippen molar-refractivity contribution in [3.63, 3.8) is 0 Å². The lowest BCUT2D eigenvalue weighted by Crippen LogP contribution is -2.13. The molecule has 4 heteroatoms. The second-order valence-electron chi connectivity index (χ2n) is 5.14. The van der Waals surface area contributed by atoms with Gasteiger partial charge in [0.25, 0.3) is 0 Å². The third-order valence-electron chi connectivity index (χ3n) is 3.45. The molecule has 3 rings (SSSR count). The van der Waals surface area contributed by atoms with Crippen molar-refractivity contribution in [1.82, 2.24) is 9.97 Å². The van der Waals surface area contributed by atoms with Gasteiger partial charge in [0.05, 0.1) is 5.69 Å². The fourth-order valence-electron chi connectivity index (χ4n) is 2.43. The van der Waals surface area contributed by atoms with Crippen molar-refractivity contribution in [3.8, 4) is 0 Å². The summed E-state index contributed by atoms with van der Waals surface area (Å²) in [6.45, 7) is 0.758. The molecule has 2 heterocycles. The normalized spacial score (nSPS) is 10.6. The first-order chi connectivity index (χ1) is 10.3. The zero-order chi connectivity index (χ0) is 14.7. The van der Waals surface area contributed by atoms with Crippen LogP contribution in [0.2, 0.25) is 0 Å². The zero-order valence-electron chi connectivity index (χ0n) is 12.2. The second-order valence-corrected chi connectivity index (χ2v) is 5.14. The minimum atomic E-state index is 0.758. The molecule has 0 saturated heterocycles. The van der Waals surface area contributed by atoms with Gasteiger partial charge in [-0.3, -0.25) is 4.98 Å². The summed E-state index contributed by atoms with van der Waals surface area (Å²) in [7, 11) is 3.99. The Kier molecular flexibility index (Phi) is 3.69. The molecule has 3 aromatic rings. The van der Waals surface area contributed by atoms with Gasteiger partial charge in [0.1, 0.15) is 0 Å². The van der Waals surface area contributed by atoms with E-state index in [1.54, 1.807) is 0 Å². The Morgan fingerprint density at radius 1 is 1.05 bits per heavy atom. The largest absolute Gasteiger partial charge is 0.378 e. The maximum atomic E-state index is 4.41. The average molecular weight is 278 g/mol. The lowest BCUT2D eigenvalue weighted by molar-refractivity contribution is 1.05. The third kappa shape index (κ3) is 2.79. The van der Waals surface area contributed by atoms with Gasteiger partial charge in [0.15, 0.2) is 5.82 Å². The van der Waals surface area contributed by atoms with Crippen LogP contribution < -0.4 is 10.2 Å². The Hall–Kier alpha value is -2.62. The first-order valence-corrected chi connectivity index (χ1v) is 6.93. The van der Waals surface area contributed by atoms with Crippen LogP contribution in [0.1, 0.15) is 5.56 Å². The van der Waals surface area contributed by atoms with Crippen LogP contribution in [0.5, 0.6) is 0 Å². The molecule has 0 atom stereocenters. The van der Waals surface area contributed by atoms with Gasteiger partial charge in [-0.1, -0.05) is 18.2 Å². The van der Waals surface area contributed by atoms with E-state index >= 15 is 0 Å². The average Bonchev–Trinajstić information content (AvgIpc) is 2.53. The van der Waals surface area contributed by atoms with Gasteiger partial charge in [0.2, 0.25) is 0 Å². The number of rotatable bonds is 4. The Bertz CT molecular complexity index is 747. The Labute approximate surface area is 124 Å². The third-order valence-corrected chi connectivity index (χ3v) is 3.45. The Morgan fingerprint density at radius 2 is 1.95 bits per heavy atom. The minimum Gasteiger partial charge on any atom is -0.378 e. The number of benzene rings is 1. The van der Waals surface area contributed by atoms with Crippen molar-refractivity contribution >= 4 is 22.3 Å². The highest BCUT2D eigenvalue weighted by Crippen LogP contribution is 2.23. The molecule has 0 aliphatic heterocycles. The SMILES string of the molecule is CN(C)c1ncccc1NCc1cccc2cnccc12. The van der Waals surface area contributed by atoms with Crippen LogP contribution >= 0.6 is 0 Å². The molecule has 106 valence electrons. The number of nitrogens with one attached hydrogen (secondary N) is 1. The summed E-state index contributed by atoms with van der Waals surface area (Å²) in [4.78, 5) is 10.6. The number of hydrogen-bond acceptors (Lipinski definition) is 4. The van der Waals surface area contributed by atoms with Crippen LogP contribution in [0.25, 0.3) is 10.8 Å². The Morgan fingerprint density at radius 3 is 2.81 bits per heavy atom. The molecule has 1 aromatic carbocycles. The van der Waals surface area contributed by atoms with Crippen molar-refractivity contribution in [2.45, 2.75) is 6.54 Å². The quantitative estimate of drug-likeness (QED) is 0.795. The highest BCUT2D eigenvalue weighted by atomic mass is 15.2. The predicted octanol–water partition coefficient (Wildman–Crippen LogP) is 3.31. The molecule has 21 heavy (non-hydrogen) atoms. The number of anilines is 2. The van der Waals surface area contributed by atoms with E-state index in [9.17, 15) is 0 Å². The van der Waals surface area contributed by atoms with Gasteiger partial charge in [-0.25, -0.2) is 4.98 Å². The van der Waals surface area contributed by atoms with Crippen LogP contribution in [0.15, 0.2) is 55.0 Å². The van der Waals surface area contributed by atoms with E-state index in [0.717, 1.165) is 23.4 Å². The number of pyridine rings is 2.